The second kappa shape index (κ2) is 15.0. The zero-order chi connectivity index (χ0) is 25.8. The summed E-state index contributed by atoms with van der Waals surface area (Å²) in [5.74, 6) is 0.0881. The van der Waals surface area contributed by atoms with Crippen LogP contribution in [0.4, 0.5) is 14.0 Å². The van der Waals surface area contributed by atoms with Crippen molar-refractivity contribution < 1.29 is 28.2 Å². The van der Waals surface area contributed by atoms with E-state index < -0.39 is 12.2 Å². The van der Waals surface area contributed by atoms with Crippen molar-refractivity contribution >= 4 is 12.1 Å². The molecule has 2 fully saturated rings. The number of likely N-dealkylation sites (tertiary alicyclic amines) is 1. The van der Waals surface area contributed by atoms with Crippen LogP contribution in [-0.4, -0.2) is 76.2 Å². The summed E-state index contributed by atoms with van der Waals surface area (Å²) >= 11 is 0. The summed E-state index contributed by atoms with van der Waals surface area (Å²) in [5.41, 5.74) is 7.03. The highest BCUT2D eigenvalue weighted by molar-refractivity contribution is 5.74. The number of nitrogens with two attached hydrogens (primary N) is 1. The largest absolute Gasteiger partial charge is 0.453 e. The van der Waals surface area contributed by atoms with E-state index >= 15 is 0 Å². The number of carbonyl (C=O) groups is 2. The van der Waals surface area contributed by atoms with Gasteiger partial charge < -0.3 is 35.5 Å². The highest BCUT2D eigenvalue weighted by atomic mass is 19.1. The van der Waals surface area contributed by atoms with Gasteiger partial charge in [0.2, 0.25) is 0 Å². The van der Waals surface area contributed by atoms with E-state index in [-0.39, 0.29) is 37.0 Å². The van der Waals surface area contributed by atoms with E-state index in [1.165, 1.54) is 19.2 Å². The van der Waals surface area contributed by atoms with E-state index in [0.29, 0.717) is 31.1 Å². The van der Waals surface area contributed by atoms with Crippen molar-refractivity contribution in [2.45, 2.75) is 50.7 Å². The van der Waals surface area contributed by atoms with Crippen LogP contribution < -0.4 is 16.4 Å². The van der Waals surface area contributed by atoms with Crippen molar-refractivity contribution in [3.05, 3.63) is 35.6 Å². The molecule has 0 bridgehead atoms. The van der Waals surface area contributed by atoms with Gasteiger partial charge in [-0.05, 0) is 55.7 Å². The fourth-order valence-electron chi connectivity index (χ4n) is 5.04. The van der Waals surface area contributed by atoms with Gasteiger partial charge in [0.05, 0.1) is 19.8 Å². The predicted molar refractivity (Wildman–Crippen MR) is 134 cm³/mol. The number of hydrogen-bond donors (Lipinski definition) is 3. The number of amides is 3. The number of carbonyl (C=O) groups excluding carboxylic acids is 2. The normalized spacial score (nSPS) is 22.2. The Morgan fingerprint density at radius 3 is 2.92 bits per heavy atom. The number of methoxy groups -OCH3 is 1. The van der Waals surface area contributed by atoms with Crippen molar-refractivity contribution in [1.29, 1.82) is 0 Å². The smallest absolute Gasteiger partial charge is 0.406 e. The lowest BCUT2D eigenvalue weighted by atomic mass is 9.88. The van der Waals surface area contributed by atoms with Gasteiger partial charge in [-0.15, -0.1) is 0 Å². The first-order valence-corrected chi connectivity index (χ1v) is 13.0. The number of halogens is 1. The van der Waals surface area contributed by atoms with Gasteiger partial charge >= 0.3 is 12.1 Å². The number of hydrogen-bond acceptors (Lipinski definition) is 6. The first-order valence-electron chi connectivity index (χ1n) is 13.0. The van der Waals surface area contributed by atoms with Gasteiger partial charge in [-0.2, -0.15) is 0 Å². The summed E-state index contributed by atoms with van der Waals surface area (Å²) in [5, 5.41) is 5.58. The van der Waals surface area contributed by atoms with Crippen LogP contribution in [0.5, 0.6) is 0 Å². The molecule has 2 aliphatic rings. The number of benzene rings is 1. The number of alkyl carbamates (subject to hydrolysis) is 1. The SMILES string of the molecule is COC(=O)NCCOC(c1cccc(F)c1)[C@@H]1CCCN(C(=O)NC[C@H](N)C[C@H]2CCCCOC2)C1. The molecule has 202 valence electrons. The van der Waals surface area contributed by atoms with Crippen LogP contribution in [0.3, 0.4) is 0 Å². The second-order valence-corrected chi connectivity index (χ2v) is 9.73. The lowest BCUT2D eigenvalue weighted by Crippen LogP contribution is -2.49. The molecular formula is C26H41FN4O5. The van der Waals surface area contributed by atoms with E-state index in [1.54, 1.807) is 11.0 Å². The van der Waals surface area contributed by atoms with E-state index in [2.05, 4.69) is 15.4 Å². The molecule has 0 aliphatic carbocycles. The van der Waals surface area contributed by atoms with Crippen molar-refractivity contribution in [2.75, 3.05) is 53.1 Å². The van der Waals surface area contributed by atoms with E-state index in [1.807, 2.05) is 6.07 Å². The van der Waals surface area contributed by atoms with Gasteiger partial charge in [0.25, 0.3) is 0 Å². The van der Waals surface area contributed by atoms with Gasteiger partial charge in [0.1, 0.15) is 5.82 Å². The number of nitrogens with zero attached hydrogens (tertiary/aromatic N) is 1. The number of rotatable bonds is 10. The Bertz CT molecular complexity index is 821. The Morgan fingerprint density at radius 2 is 2.11 bits per heavy atom. The Morgan fingerprint density at radius 1 is 1.25 bits per heavy atom. The molecule has 0 radical (unpaired) electrons. The molecule has 4 atom stereocenters. The van der Waals surface area contributed by atoms with Crippen molar-refractivity contribution in [3.63, 3.8) is 0 Å². The number of urea groups is 1. The van der Waals surface area contributed by atoms with Crippen LogP contribution in [-0.2, 0) is 14.2 Å². The Kier molecular flexibility index (Phi) is 11.7. The van der Waals surface area contributed by atoms with Gasteiger partial charge in [-0.3, -0.25) is 0 Å². The maximum absolute atomic E-state index is 14.0. The Balaban J connectivity index is 1.53. The average molecular weight is 509 g/mol. The zero-order valence-electron chi connectivity index (χ0n) is 21.3. The monoisotopic (exact) mass is 508 g/mol. The highest BCUT2D eigenvalue weighted by Gasteiger charge is 2.31. The third-order valence-corrected chi connectivity index (χ3v) is 6.86. The van der Waals surface area contributed by atoms with Crippen LogP contribution in [0.25, 0.3) is 0 Å². The minimum Gasteiger partial charge on any atom is -0.453 e. The summed E-state index contributed by atoms with van der Waals surface area (Å²) in [4.78, 5) is 26.1. The summed E-state index contributed by atoms with van der Waals surface area (Å²) in [7, 11) is 1.30. The summed E-state index contributed by atoms with van der Waals surface area (Å²) in [6.07, 6.45) is 4.92. The topological polar surface area (TPSA) is 115 Å². The molecule has 0 spiro atoms. The third kappa shape index (κ3) is 9.22. The molecule has 2 saturated heterocycles. The minimum atomic E-state index is -0.536. The van der Waals surface area contributed by atoms with Gasteiger partial charge in [-0.25, -0.2) is 14.0 Å². The van der Waals surface area contributed by atoms with Crippen LogP contribution in [0.15, 0.2) is 24.3 Å². The van der Waals surface area contributed by atoms with Crippen molar-refractivity contribution in [2.24, 2.45) is 17.6 Å². The number of nitrogens with one attached hydrogen (secondary N) is 2. The predicted octanol–water partition coefficient (Wildman–Crippen LogP) is 3.20. The van der Waals surface area contributed by atoms with Crippen molar-refractivity contribution in [3.8, 4) is 0 Å². The Labute approximate surface area is 213 Å². The molecule has 2 aliphatic heterocycles. The van der Waals surface area contributed by atoms with Crippen LogP contribution >= 0.6 is 0 Å². The fourth-order valence-corrected chi connectivity index (χ4v) is 5.04. The molecule has 4 N–H and O–H groups in total. The molecule has 0 saturated carbocycles. The standard InChI is InChI=1S/C26H41FN4O5/c1-34-26(33)29-10-13-36-24(20-7-4-9-22(27)15-20)21-8-5-11-31(17-21)25(32)30-16-23(28)14-19-6-2-3-12-35-18-19/h4,7,9,15,19,21,23-24H,2-3,5-6,8,10-14,16-18,28H2,1H3,(H,29,33)(H,30,32)/t19-,21-,23-,24?/m1/s1. The third-order valence-electron chi connectivity index (χ3n) is 6.86. The molecule has 9 nitrogen and oxygen atoms in total. The number of ether oxygens (including phenoxy) is 3. The summed E-state index contributed by atoms with van der Waals surface area (Å²) in [6.45, 7) is 3.61. The molecule has 2 heterocycles. The zero-order valence-corrected chi connectivity index (χ0v) is 21.3. The highest BCUT2D eigenvalue weighted by Crippen LogP contribution is 2.33. The first-order chi connectivity index (χ1) is 17.5. The van der Waals surface area contributed by atoms with Crippen molar-refractivity contribution in [1.82, 2.24) is 15.5 Å². The maximum atomic E-state index is 14.0. The molecule has 0 aromatic heterocycles. The van der Waals surface area contributed by atoms with E-state index in [9.17, 15) is 14.0 Å². The van der Waals surface area contributed by atoms with Gasteiger partial charge in [0.15, 0.2) is 0 Å². The van der Waals surface area contributed by atoms with Gasteiger partial charge in [-0.1, -0.05) is 18.6 Å². The lowest BCUT2D eigenvalue weighted by Gasteiger charge is -2.37. The van der Waals surface area contributed by atoms with Crippen LogP contribution in [0, 0.1) is 17.7 Å². The Hall–Kier alpha value is -2.43. The molecule has 1 unspecified atom stereocenters. The fraction of sp³-hybridized carbons (Fsp3) is 0.692. The van der Waals surface area contributed by atoms with Gasteiger partial charge in [0, 0.05) is 51.4 Å². The maximum Gasteiger partial charge on any atom is 0.406 e. The molecule has 1 aromatic rings. The molecular weight excluding hydrogens is 467 g/mol. The first kappa shape index (κ1) is 28.1. The van der Waals surface area contributed by atoms with Crippen LogP contribution in [0.1, 0.15) is 50.2 Å². The summed E-state index contributed by atoms with van der Waals surface area (Å²) < 4.78 is 30.3. The summed E-state index contributed by atoms with van der Waals surface area (Å²) in [6, 6.07) is 6.08. The molecule has 10 heteroatoms. The second-order valence-electron chi connectivity index (χ2n) is 9.73. The minimum absolute atomic E-state index is 0.0127. The van der Waals surface area contributed by atoms with Crippen LogP contribution in [0.2, 0.25) is 0 Å². The number of piperidine rings is 1. The quantitative estimate of drug-likeness (QED) is 0.418. The molecule has 36 heavy (non-hydrogen) atoms. The molecule has 3 amide bonds. The van der Waals surface area contributed by atoms with E-state index in [4.69, 9.17) is 15.2 Å². The lowest BCUT2D eigenvalue weighted by molar-refractivity contribution is -0.00864. The molecule has 1 aromatic carbocycles. The van der Waals surface area contributed by atoms with E-state index in [0.717, 1.165) is 51.7 Å². The average Bonchev–Trinajstić information content (AvgIpc) is 3.15. The molecule has 3 rings (SSSR count).